The van der Waals surface area contributed by atoms with Crippen LogP contribution in [0.25, 0.3) is 0 Å². The molecule has 0 heterocycles. The molecule has 0 aliphatic heterocycles. The standard InChI is InChI=1S/C3H5FO3/c4-2(1-5)3(6)7/h1-3,6-7H. The predicted octanol–water partition coefficient (Wildman–Crippen LogP) is -1.17. The number of aliphatic hydroxyl groups is 2. The van der Waals surface area contributed by atoms with Gasteiger partial charge in [0.15, 0.2) is 12.6 Å². The van der Waals surface area contributed by atoms with E-state index in [1.54, 1.807) is 0 Å². The molecule has 0 saturated heterocycles. The number of halogens is 1. The molecule has 0 aliphatic rings. The van der Waals surface area contributed by atoms with Crippen molar-refractivity contribution in [2.45, 2.75) is 12.5 Å². The molecule has 42 valence electrons. The van der Waals surface area contributed by atoms with E-state index in [1.807, 2.05) is 0 Å². The van der Waals surface area contributed by atoms with E-state index in [0.717, 1.165) is 0 Å². The Morgan fingerprint density at radius 2 is 2.00 bits per heavy atom. The molecular formula is C3H5FO3. The average molecular weight is 108 g/mol. The molecule has 0 fully saturated rings. The molecule has 1 atom stereocenters. The quantitative estimate of drug-likeness (QED) is 0.346. The Labute approximate surface area is 39.4 Å². The van der Waals surface area contributed by atoms with E-state index in [2.05, 4.69) is 0 Å². The lowest BCUT2D eigenvalue weighted by molar-refractivity contribution is -0.130. The minimum Gasteiger partial charge on any atom is -0.365 e. The first-order valence-electron chi connectivity index (χ1n) is 1.64. The van der Waals surface area contributed by atoms with Crippen LogP contribution < -0.4 is 0 Å². The number of rotatable bonds is 2. The fraction of sp³-hybridized carbons (Fsp3) is 0.667. The van der Waals surface area contributed by atoms with Crippen LogP contribution in [0.15, 0.2) is 0 Å². The third kappa shape index (κ3) is 2.24. The Morgan fingerprint density at radius 3 is 2.00 bits per heavy atom. The van der Waals surface area contributed by atoms with Gasteiger partial charge in [-0.2, -0.15) is 0 Å². The number of hydrogen-bond donors (Lipinski definition) is 2. The van der Waals surface area contributed by atoms with Crippen molar-refractivity contribution in [1.82, 2.24) is 0 Å². The van der Waals surface area contributed by atoms with E-state index in [9.17, 15) is 9.18 Å². The van der Waals surface area contributed by atoms with Crippen LogP contribution in [0.4, 0.5) is 4.39 Å². The fourth-order valence-electron chi connectivity index (χ4n) is 0.0703. The van der Waals surface area contributed by atoms with Gasteiger partial charge in [0.05, 0.1) is 0 Å². The molecule has 2 N–H and O–H groups in total. The molecule has 0 aromatic rings. The first-order valence-corrected chi connectivity index (χ1v) is 1.64. The highest BCUT2D eigenvalue weighted by atomic mass is 19.1. The van der Waals surface area contributed by atoms with Gasteiger partial charge in [-0.05, 0) is 0 Å². The van der Waals surface area contributed by atoms with Crippen molar-refractivity contribution in [3.63, 3.8) is 0 Å². The van der Waals surface area contributed by atoms with Crippen LogP contribution in [-0.2, 0) is 4.79 Å². The highest BCUT2D eigenvalue weighted by Gasteiger charge is 2.11. The van der Waals surface area contributed by atoms with Gasteiger partial charge in [-0.15, -0.1) is 0 Å². The van der Waals surface area contributed by atoms with E-state index in [4.69, 9.17) is 10.2 Å². The first-order chi connectivity index (χ1) is 3.18. The SMILES string of the molecule is O=CC(F)C(O)O. The van der Waals surface area contributed by atoms with Gasteiger partial charge in [0.1, 0.15) is 0 Å². The predicted molar refractivity (Wildman–Crippen MR) is 19.2 cm³/mol. The normalized spacial score (nSPS) is 14.3. The minimum atomic E-state index is -2.17. The second-order valence-electron chi connectivity index (χ2n) is 0.994. The zero-order valence-electron chi connectivity index (χ0n) is 3.41. The van der Waals surface area contributed by atoms with Crippen LogP contribution in [0.1, 0.15) is 0 Å². The molecule has 0 aliphatic carbocycles. The summed E-state index contributed by atoms with van der Waals surface area (Å²) in [6, 6.07) is 0. The number of carbonyl (C=O) groups is 1. The Balaban J connectivity index is 3.33. The van der Waals surface area contributed by atoms with Crippen molar-refractivity contribution in [1.29, 1.82) is 0 Å². The summed E-state index contributed by atoms with van der Waals surface area (Å²) in [4.78, 5) is 9.25. The summed E-state index contributed by atoms with van der Waals surface area (Å²) >= 11 is 0. The summed E-state index contributed by atoms with van der Waals surface area (Å²) in [5.41, 5.74) is 0. The molecule has 0 spiro atoms. The minimum absolute atomic E-state index is 0.176. The number of carbonyl (C=O) groups excluding carboxylic acids is 1. The number of aldehydes is 1. The molecule has 0 bridgehead atoms. The summed E-state index contributed by atoms with van der Waals surface area (Å²) < 4.78 is 11.4. The third-order valence-corrected chi connectivity index (χ3v) is 0.415. The van der Waals surface area contributed by atoms with Gasteiger partial charge in [0.25, 0.3) is 0 Å². The summed E-state index contributed by atoms with van der Waals surface area (Å²) in [5.74, 6) is 0. The molecule has 1 unspecified atom stereocenters. The summed E-state index contributed by atoms with van der Waals surface area (Å²) in [7, 11) is 0. The lowest BCUT2D eigenvalue weighted by atomic mass is 10.4. The van der Waals surface area contributed by atoms with Gasteiger partial charge >= 0.3 is 0 Å². The van der Waals surface area contributed by atoms with Crippen molar-refractivity contribution in [2.75, 3.05) is 0 Å². The maximum atomic E-state index is 11.4. The van der Waals surface area contributed by atoms with Crippen LogP contribution in [0, 0.1) is 0 Å². The largest absolute Gasteiger partial charge is 0.365 e. The second kappa shape index (κ2) is 2.65. The molecule has 0 rings (SSSR count). The molecular weight excluding hydrogens is 103 g/mol. The van der Waals surface area contributed by atoms with Crippen molar-refractivity contribution in [3.05, 3.63) is 0 Å². The summed E-state index contributed by atoms with van der Waals surface area (Å²) in [6.45, 7) is 0. The fourth-order valence-corrected chi connectivity index (χ4v) is 0.0703. The number of alkyl halides is 1. The monoisotopic (exact) mass is 108 g/mol. The van der Waals surface area contributed by atoms with E-state index in [0.29, 0.717) is 0 Å². The maximum absolute atomic E-state index is 11.4. The first kappa shape index (κ1) is 6.52. The summed E-state index contributed by atoms with van der Waals surface area (Å²) in [6.07, 6.45) is -4.51. The van der Waals surface area contributed by atoms with Crippen molar-refractivity contribution in [3.8, 4) is 0 Å². The van der Waals surface area contributed by atoms with Crippen LogP contribution in [0.3, 0.4) is 0 Å². The molecule has 7 heavy (non-hydrogen) atoms. The Hall–Kier alpha value is -0.480. The van der Waals surface area contributed by atoms with Gasteiger partial charge in [0, 0.05) is 0 Å². The van der Waals surface area contributed by atoms with Gasteiger partial charge in [-0.3, -0.25) is 4.79 Å². The van der Waals surface area contributed by atoms with Crippen LogP contribution in [0.2, 0.25) is 0 Å². The van der Waals surface area contributed by atoms with E-state index in [1.165, 1.54) is 0 Å². The van der Waals surface area contributed by atoms with Crippen LogP contribution in [0.5, 0.6) is 0 Å². The van der Waals surface area contributed by atoms with E-state index in [-0.39, 0.29) is 6.29 Å². The van der Waals surface area contributed by atoms with Gasteiger partial charge < -0.3 is 10.2 Å². The second-order valence-corrected chi connectivity index (χ2v) is 0.994. The highest BCUT2D eigenvalue weighted by molar-refractivity contribution is 5.56. The molecule has 3 nitrogen and oxygen atoms in total. The van der Waals surface area contributed by atoms with Gasteiger partial charge in [0.2, 0.25) is 6.17 Å². The molecule has 0 aromatic heterocycles. The Kier molecular flexibility index (Phi) is 2.47. The molecule has 0 radical (unpaired) electrons. The zero-order chi connectivity index (χ0) is 5.86. The topological polar surface area (TPSA) is 57.5 Å². The number of aliphatic hydroxyl groups excluding tert-OH is 1. The third-order valence-electron chi connectivity index (χ3n) is 0.415. The van der Waals surface area contributed by atoms with Crippen molar-refractivity contribution < 1.29 is 19.4 Å². The molecule has 0 saturated carbocycles. The Bertz CT molecular complexity index is 63.2. The van der Waals surface area contributed by atoms with Gasteiger partial charge in [-0.1, -0.05) is 0 Å². The highest BCUT2D eigenvalue weighted by Crippen LogP contribution is 1.88. The summed E-state index contributed by atoms with van der Waals surface area (Å²) in [5, 5.41) is 15.5. The lowest BCUT2D eigenvalue weighted by Gasteiger charge is -1.98. The zero-order valence-corrected chi connectivity index (χ0v) is 3.41. The van der Waals surface area contributed by atoms with E-state index < -0.39 is 12.5 Å². The van der Waals surface area contributed by atoms with Crippen LogP contribution in [-0.4, -0.2) is 29.0 Å². The lowest BCUT2D eigenvalue weighted by Crippen LogP contribution is -2.21. The Morgan fingerprint density at radius 1 is 1.57 bits per heavy atom. The van der Waals surface area contributed by atoms with Crippen molar-refractivity contribution >= 4 is 6.29 Å². The maximum Gasteiger partial charge on any atom is 0.205 e. The number of hydrogen-bond acceptors (Lipinski definition) is 3. The molecule has 4 heteroatoms. The smallest absolute Gasteiger partial charge is 0.205 e. The van der Waals surface area contributed by atoms with Crippen molar-refractivity contribution in [2.24, 2.45) is 0 Å². The molecule has 0 aromatic carbocycles. The average Bonchev–Trinajstić information content (AvgIpc) is 1.65. The van der Waals surface area contributed by atoms with Crippen LogP contribution >= 0.6 is 0 Å². The van der Waals surface area contributed by atoms with Gasteiger partial charge in [-0.25, -0.2) is 4.39 Å². The van der Waals surface area contributed by atoms with E-state index >= 15 is 0 Å². The molecule has 0 amide bonds.